The van der Waals surface area contributed by atoms with E-state index in [2.05, 4.69) is 13.2 Å². The molecule has 0 aromatic rings. The fourth-order valence-corrected chi connectivity index (χ4v) is 2.21. The van der Waals surface area contributed by atoms with E-state index in [9.17, 15) is 8.42 Å². The molecular weight excluding hydrogens is 233 g/mol. The molecule has 0 spiro atoms. The lowest BCUT2D eigenvalue weighted by atomic mass is 10.5. The van der Waals surface area contributed by atoms with Crippen molar-refractivity contribution in [1.82, 2.24) is 4.31 Å². The maximum atomic E-state index is 11.4. The van der Waals surface area contributed by atoms with E-state index in [1.54, 1.807) is 0 Å². The Kier molecular flexibility index (Phi) is 5.64. The molecule has 0 fully saturated rings. The van der Waals surface area contributed by atoms with Crippen LogP contribution < -0.4 is 0 Å². The molecule has 0 aromatic heterocycles. The van der Waals surface area contributed by atoms with Gasteiger partial charge in [0.05, 0.1) is 0 Å². The molecule has 0 atom stereocenters. The summed E-state index contributed by atoms with van der Waals surface area (Å²) < 4.78 is 22.4. The van der Waals surface area contributed by atoms with Gasteiger partial charge in [-0.25, -0.2) is 8.42 Å². The van der Waals surface area contributed by atoms with Gasteiger partial charge in [-0.3, -0.25) is 0 Å². The number of hydrogen-bond acceptors (Lipinski definition) is 2. The third-order valence-corrected chi connectivity index (χ3v) is 4.07. The normalized spacial score (nSPS) is 12.0. The largest absolute Gasteiger partial charge is 0.245 e. The molecule has 6 heteroatoms. The number of sulfonamides is 1. The molecule has 0 radical (unpaired) electrons. The van der Waals surface area contributed by atoms with Crippen molar-refractivity contribution < 1.29 is 8.42 Å². The fourth-order valence-electron chi connectivity index (χ4n) is 0.683. The predicted molar refractivity (Wildman–Crippen MR) is 56.4 cm³/mol. The molecule has 76 valence electrons. The zero-order valence-corrected chi connectivity index (χ0v) is 9.32. The fraction of sp³-hybridized carbons (Fsp3) is 0.429. The molecule has 0 aliphatic heterocycles. The molecule has 0 heterocycles. The quantitative estimate of drug-likeness (QED) is 0.527. The Balaban J connectivity index is 4.71. The standard InChI is InChI=1S/C7H11Cl2NO2S/c1-3-5-10(6-4-2)13(11,12)7(8)9/h3-4,7H,1-2,5-6H2. The van der Waals surface area contributed by atoms with Crippen LogP contribution in [0.1, 0.15) is 0 Å². The number of nitrogens with zero attached hydrogens (tertiary/aromatic N) is 1. The predicted octanol–water partition coefficient (Wildman–Crippen LogP) is 1.75. The van der Waals surface area contributed by atoms with Gasteiger partial charge in [-0.05, 0) is 0 Å². The highest BCUT2D eigenvalue weighted by atomic mass is 35.5. The highest BCUT2D eigenvalue weighted by Gasteiger charge is 2.26. The van der Waals surface area contributed by atoms with Crippen LogP contribution in [-0.4, -0.2) is 30.0 Å². The molecule has 3 nitrogen and oxygen atoms in total. The van der Waals surface area contributed by atoms with E-state index in [4.69, 9.17) is 23.2 Å². The van der Waals surface area contributed by atoms with E-state index < -0.39 is 14.2 Å². The Bertz CT molecular complexity index is 264. The maximum absolute atomic E-state index is 11.4. The highest BCUT2D eigenvalue weighted by molar-refractivity contribution is 7.92. The zero-order chi connectivity index (χ0) is 10.5. The first kappa shape index (κ1) is 13.0. The molecule has 0 amide bonds. The Morgan fingerprint density at radius 3 is 1.85 bits per heavy atom. The van der Waals surface area contributed by atoms with Gasteiger partial charge in [0.15, 0.2) is 0 Å². The summed E-state index contributed by atoms with van der Waals surface area (Å²) in [5.41, 5.74) is 0. The molecule has 0 saturated heterocycles. The van der Waals surface area contributed by atoms with Gasteiger partial charge in [0, 0.05) is 13.1 Å². The molecule has 13 heavy (non-hydrogen) atoms. The van der Waals surface area contributed by atoms with Crippen LogP contribution in [0.5, 0.6) is 0 Å². The van der Waals surface area contributed by atoms with Crippen LogP contribution >= 0.6 is 23.2 Å². The highest BCUT2D eigenvalue weighted by Crippen LogP contribution is 2.16. The second kappa shape index (κ2) is 5.65. The molecule has 0 saturated carbocycles. The van der Waals surface area contributed by atoms with Crippen molar-refractivity contribution in [3.8, 4) is 0 Å². The summed E-state index contributed by atoms with van der Waals surface area (Å²) in [5.74, 6) is 0. The third-order valence-electron chi connectivity index (χ3n) is 1.25. The second-order valence-corrected chi connectivity index (χ2v) is 5.83. The van der Waals surface area contributed by atoms with Crippen LogP contribution in [0.2, 0.25) is 0 Å². The van der Waals surface area contributed by atoms with Gasteiger partial charge in [-0.1, -0.05) is 35.4 Å². The maximum Gasteiger partial charge on any atom is 0.245 e. The number of rotatable bonds is 6. The van der Waals surface area contributed by atoms with Crippen LogP contribution in [0.3, 0.4) is 0 Å². The Hall–Kier alpha value is -0.0300. The van der Waals surface area contributed by atoms with E-state index in [0.717, 1.165) is 4.31 Å². The van der Waals surface area contributed by atoms with Gasteiger partial charge < -0.3 is 0 Å². The number of alkyl halides is 2. The van der Waals surface area contributed by atoms with Crippen LogP contribution in [0.4, 0.5) is 0 Å². The van der Waals surface area contributed by atoms with Gasteiger partial charge in [0.25, 0.3) is 0 Å². The SMILES string of the molecule is C=CCN(CC=C)S(=O)(=O)C(Cl)Cl. The average Bonchev–Trinajstić information content (AvgIpc) is 2.03. The number of halogens is 2. The van der Waals surface area contributed by atoms with E-state index >= 15 is 0 Å². The summed E-state index contributed by atoms with van der Waals surface area (Å²) in [4.78, 5) is 0. The monoisotopic (exact) mass is 243 g/mol. The first-order valence-corrected chi connectivity index (χ1v) is 5.83. The lowest BCUT2D eigenvalue weighted by Crippen LogP contribution is -2.34. The summed E-state index contributed by atoms with van der Waals surface area (Å²) in [6.45, 7) is 7.20. The van der Waals surface area contributed by atoms with E-state index in [1.165, 1.54) is 12.2 Å². The Morgan fingerprint density at radius 2 is 1.62 bits per heavy atom. The minimum absolute atomic E-state index is 0.171. The first-order valence-electron chi connectivity index (χ1n) is 3.45. The summed E-state index contributed by atoms with van der Waals surface area (Å²) >= 11 is 10.6. The topological polar surface area (TPSA) is 37.4 Å². The van der Waals surface area contributed by atoms with Gasteiger partial charge in [0.2, 0.25) is 14.2 Å². The molecule has 0 rings (SSSR count). The summed E-state index contributed by atoms with van der Waals surface area (Å²) in [6, 6.07) is 0. The summed E-state index contributed by atoms with van der Waals surface area (Å²) in [5, 5.41) is 0. The molecule has 0 aliphatic carbocycles. The number of hydrogen-bond donors (Lipinski definition) is 0. The molecule has 0 unspecified atom stereocenters. The van der Waals surface area contributed by atoms with E-state index in [1.807, 2.05) is 0 Å². The smallest absolute Gasteiger partial charge is 0.209 e. The van der Waals surface area contributed by atoms with Crippen LogP contribution in [0, 0.1) is 0 Å². The van der Waals surface area contributed by atoms with Crippen molar-refractivity contribution in [2.24, 2.45) is 0 Å². The van der Waals surface area contributed by atoms with Crippen LogP contribution in [0.15, 0.2) is 25.3 Å². The molecule has 0 aliphatic rings. The Morgan fingerprint density at radius 1 is 1.23 bits per heavy atom. The summed E-state index contributed by atoms with van der Waals surface area (Å²) in [6.07, 6.45) is 2.91. The lowest BCUT2D eigenvalue weighted by Gasteiger charge is -2.19. The van der Waals surface area contributed by atoms with Gasteiger partial charge >= 0.3 is 0 Å². The Labute approximate surface area is 88.7 Å². The van der Waals surface area contributed by atoms with Crippen molar-refractivity contribution in [2.75, 3.05) is 13.1 Å². The molecule has 0 aromatic carbocycles. The van der Waals surface area contributed by atoms with Crippen molar-refractivity contribution in [3.63, 3.8) is 0 Å². The van der Waals surface area contributed by atoms with Gasteiger partial charge in [-0.15, -0.1) is 13.2 Å². The third kappa shape index (κ3) is 3.68. The summed E-state index contributed by atoms with van der Waals surface area (Å²) in [7, 11) is -3.64. The minimum atomic E-state index is -3.64. The lowest BCUT2D eigenvalue weighted by molar-refractivity contribution is 0.476. The second-order valence-electron chi connectivity index (χ2n) is 2.20. The van der Waals surface area contributed by atoms with E-state index in [0.29, 0.717) is 0 Å². The minimum Gasteiger partial charge on any atom is -0.209 e. The van der Waals surface area contributed by atoms with Crippen LogP contribution in [0.25, 0.3) is 0 Å². The van der Waals surface area contributed by atoms with Crippen molar-refractivity contribution >= 4 is 33.2 Å². The van der Waals surface area contributed by atoms with Crippen molar-refractivity contribution in [2.45, 2.75) is 4.17 Å². The average molecular weight is 244 g/mol. The molecular formula is C7H11Cl2NO2S. The van der Waals surface area contributed by atoms with Gasteiger partial charge in [0.1, 0.15) is 0 Å². The zero-order valence-electron chi connectivity index (χ0n) is 6.99. The van der Waals surface area contributed by atoms with Crippen molar-refractivity contribution in [3.05, 3.63) is 25.3 Å². The van der Waals surface area contributed by atoms with Crippen molar-refractivity contribution in [1.29, 1.82) is 0 Å². The van der Waals surface area contributed by atoms with Gasteiger partial charge in [-0.2, -0.15) is 4.31 Å². The molecule has 0 N–H and O–H groups in total. The van der Waals surface area contributed by atoms with Crippen LogP contribution in [-0.2, 0) is 10.0 Å². The first-order chi connectivity index (χ1) is 5.96. The van der Waals surface area contributed by atoms with E-state index in [-0.39, 0.29) is 13.1 Å². The molecule has 0 bridgehead atoms.